The van der Waals surface area contributed by atoms with Gasteiger partial charge in [-0.2, -0.15) is 0 Å². The molecule has 0 N–H and O–H groups in total. The van der Waals surface area contributed by atoms with Gasteiger partial charge in [-0.3, -0.25) is 0 Å². The van der Waals surface area contributed by atoms with Crippen molar-refractivity contribution in [3.05, 3.63) is 15.9 Å². The third kappa shape index (κ3) is 1.45. The molecule has 0 radical (unpaired) electrons. The van der Waals surface area contributed by atoms with Crippen molar-refractivity contribution in [2.45, 2.75) is 18.8 Å². The van der Waals surface area contributed by atoms with Crippen LogP contribution in [-0.2, 0) is 11.8 Å². The van der Waals surface area contributed by atoms with Crippen LogP contribution >= 0.6 is 22.6 Å². The molecule has 1 aliphatic heterocycles. The standard InChI is InChI=1S/C12H13IN4O/c1-17-6-14-9-8(15-11(13)16-10(9)17)7-2-12(3-7)4-18-5-12/h6-7H,2-5H2,1H3. The Labute approximate surface area is 118 Å². The average molecular weight is 356 g/mol. The third-order valence-corrected chi connectivity index (χ3v) is 4.60. The normalized spacial score (nSPS) is 22.1. The molecule has 0 amide bonds. The highest BCUT2D eigenvalue weighted by molar-refractivity contribution is 14.1. The fourth-order valence-electron chi connectivity index (χ4n) is 3.09. The van der Waals surface area contributed by atoms with Gasteiger partial charge in [0.05, 0.1) is 25.2 Å². The van der Waals surface area contributed by atoms with Crippen molar-refractivity contribution >= 4 is 33.8 Å². The topological polar surface area (TPSA) is 52.8 Å². The van der Waals surface area contributed by atoms with Gasteiger partial charge in [0.15, 0.2) is 9.48 Å². The van der Waals surface area contributed by atoms with Crippen molar-refractivity contribution in [2.75, 3.05) is 13.2 Å². The number of hydrogen-bond acceptors (Lipinski definition) is 4. The molecule has 1 saturated heterocycles. The lowest BCUT2D eigenvalue weighted by Crippen LogP contribution is -2.51. The average Bonchev–Trinajstić information content (AvgIpc) is 2.56. The fraction of sp³-hybridized carbons (Fsp3) is 0.583. The number of imidazole rings is 1. The Morgan fingerprint density at radius 1 is 1.39 bits per heavy atom. The Morgan fingerprint density at radius 2 is 2.17 bits per heavy atom. The highest BCUT2D eigenvalue weighted by Gasteiger charge is 2.51. The van der Waals surface area contributed by atoms with Crippen molar-refractivity contribution in [1.82, 2.24) is 19.5 Å². The highest BCUT2D eigenvalue weighted by atomic mass is 127. The van der Waals surface area contributed by atoms with Crippen LogP contribution in [0.15, 0.2) is 6.33 Å². The minimum absolute atomic E-state index is 0.460. The number of ether oxygens (including phenoxy) is 1. The molecule has 5 nitrogen and oxygen atoms in total. The maximum absolute atomic E-state index is 5.33. The zero-order valence-corrected chi connectivity index (χ0v) is 12.2. The van der Waals surface area contributed by atoms with Crippen LogP contribution in [0.3, 0.4) is 0 Å². The van der Waals surface area contributed by atoms with Gasteiger partial charge in [-0.05, 0) is 12.8 Å². The predicted octanol–water partition coefficient (Wildman–Crippen LogP) is 1.86. The lowest BCUT2D eigenvalue weighted by atomic mass is 9.59. The Balaban J connectivity index is 1.76. The van der Waals surface area contributed by atoms with E-state index >= 15 is 0 Å². The van der Waals surface area contributed by atoms with Crippen LogP contribution in [0.1, 0.15) is 24.5 Å². The van der Waals surface area contributed by atoms with Gasteiger partial charge in [0, 0.05) is 41.0 Å². The quantitative estimate of drug-likeness (QED) is 0.578. The van der Waals surface area contributed by atoms with E-state index in [2.05, 4.69) is 37.5 Å². The van der Waals surface area contributed by atoms with Gasteiger partial charge >= 0.3 is 0 Å². The van der Waals surface area contributed by atoms with Crippen LogP contribution in [0.2, 0.25) is 0 Å². The molecule has 0 aromatic carbocycles. The summed E-state index contributed by atoms with van der Waals surface area (Å²) in [4.78, 5) is 13.5. The van der Waals surface area contributed by atoms with Gasteiger partial charge in [0.1, 0.15) is 5.52 Å². The number of aryl methyl sites for hydroxylation is 1. The molecule has 1 spiro atoms. The Hall–Kier alpha value is -0.760. The summed E-state index contributed by atoms with van der Waals surface area (Å²) in [6.07, 6.45) is 4.19. The van der Waals surface area contributed by atoms with Crippen LogP contribution in [-0.4, -0.2) is 32.7 Å². The second kappa shape index (κ2) is 3.63. The van der Waals surface area contributed by atoms with E-state index in [1.54, 1.807) is 0 Å². The molecule has 0 atom stereocenters. The van der Waals surface area contributed by atoms with Gasteiger partial charge in [-0.15, -0.1) is 0 Å². The molecule has 0 unspecified atom stereocenters. The van der Waals surface area contributed by atoms with Crippen LogP contribution in [0.4, 0.5) is 0 Å². The number of halogens is 1. The van der Waals surface area contributed by atoms with Gasteiger partial charge in [0.2, 0.25) is 0 Å². The summed E-state index contributed by atoms with van der Waals surface area (Å²) < 4.78 is 8.10. The summed E-state index contributed by atoms with van der Waals surface area (Å²) in [5, 5.41) is 0. The fourth-order valence-corrected chi connectivity index (χ4v) is 3.58. The number of aromatic nitrogens is 4. The molecule has 1 saturated carbocycles. The zero-order valence-electron chi connectivity index (χ0n) is 10.1. The van der Waals surface area contributed by atoms with Crippen molar-refractivity contribution in [3.8, 4) is 0 Å². The maximum atomic E-state index is 5.33. The van der Waals surface area contributed by atoms with Gasteiger partial charge in [0.25, 0.3) is 0 Å². The Kier molecular flexibility index (Phi) is 2.24. The molecule has 1 aliphatic carbocycles. The first-order valence-corrected chi connectivity index (χ1v) is 7.17. The summed E-state index contributed by atoms with van der Waals surface area (Å²) in [6.45, 7) is 1.86. The smallest absolute Gasteiger partial charge is 0.193 e. The number of nitrogens with zero attached hydrogens (tertiary/aromatic N) is 4. The lowest BCUT2D eigenvalue weighted by molar-refractivity contribution is -0.164. The third-order valence-electron chi connectivity index (χ3n) is 4.12. The van der Waals surface area contributed by atoms with Crippen LogP contribution in [0.5, 0.6) is 0 Å². The van der Waals surface area contributed by atoms with Crippen LogP contribution in [0, 0.1) is 9.25 Å². The summed E-state index contributed by atoms with van der Waals surface area (Å²) >= 11 is 2.19. The summed E-state index contributed by atoms with van der Waals surface area (Å²) in [6, 6.07) is 0. The van der Waals surface area contributed by atoms with Gasteiger partial charge in [-0.25, -0.2) is 15.0 Å². The first-order valence-electron chi connectivity index (χ1n) is 6.09. The monoisotopic (exact) mass is 356 g/mol. The van der Waals surface area contributed by atoms with E-state index in [1.165, 1.54) is 12.8 Å². The Bertz CT molecular complexity index is 626. The molecule has 0 bridgehead atoms. The van der Waals surface area contributed by atoms with Crippen molar-refractivity contribution < 1.29 is 4.74 Å². The van der Waals surface area contributed by atoms with Crippen LogP contribution < -0.4 is 0 Å². The first kappa shape index (κ1) is 11.1. The van der Waals surface area contributed by atoms with E-state index < -0.39 is 0 Å². The van der Waals surface area contributed by atoms with E-state index in [-0.39, 0.29) is 0 Å². The van der Waals surface area contributed by atoms with E-state index in [4.69, 9.17) is 4.74 Å². The number of rotatable bonds is 1. The van der Waals surface area contributed by atoms with Crippen molar-refractivity contribution in [2.24, 2.45) is 12.5 Å². The second-order valence-electron chi connectivity index (χ2n) is 5.50. The summed E-state index contributed by atoms with van der Waals surface area (Å²) in [5.74, 6) is 0.530. The molecule has 2 aromatic heterocycles. The predicted molar refractivity (Wildman–Crippen MR) is 74.2 cm³/mol. The molecule has 3 heterocycles. The van der Waals surface area contributed by atoms with E-state index in [9.17, 15) is 0 Å². The lowest BCUT2D eigenvalue weighted by Gasteiger charge is -2.53. The van der Waals surface area contributed by atoms with E-state index in [0.29, 0.717) is 11.3 Å². The molecular formula is C12H13IN4O. The minimum atomic E-state index is 0.460. The van der Waals surface area contributed by atoms with Crippen LogP contribution in [0.25, 0.3) is 11.2 Å². The first-order chi connectivity index (χ1) is 8.67. The zero-order chi connectivity index (χ0) is 12.3. The molecule has 18 heavy (non-hydrogen) atoms. The molecule has 2 aromatic rings. The molecule has 4 rings (SSSR count). The van der Waals surface area contributed by atoms with E-state index in [1.807, 2.05) is 17.9 Å². The van der Waals surface area contributed by atoms with Crippen molar-refractivity contribution in [1.29, 1.82) is 0 Å². The molecular weight excluding hydrogens is 343 g/mol. The largest absolute Gasteiger partial charge is 0.380 e. The highest BCUT2D eigenvalue weighted by Crippen LogP contribution is 2.55. The molecule has 2 aliphatic rings. The molecule has 6 heteroatoms. The second-order valence-corrected chi connectivity index (χ2v) is 6.47. The van der Waals surface area contributed by atoms with Gasteiger partial charge in [-0.1, -0.05) is 0 Å². The number of fused-ring (bicyclic) bond motifs is 1. The molecule has 2 fully saturated rings. The van der Waals surface area contributed by atoms with Gasteiger partial charge < -0.3 is 9.30 Å². The SMILES string of the molecule is Cn1cnc2c(C3CC4(COC4)C3)nc(I)nc21. The number of hydrogen-bond donors (Lipinski definition) is 0. The summed E-state index contributed by atoms with van der Waals surface area (Å²) in [7, 11) is 1.98. The Morgan fingerprint density at radius 3 is 2.83 bits per heavy atom. The van der Waals surface area contributed by atoms with Crippen molar-refractivity contribution in [3.63, 3.8) is 0 Å². The minimum Gasteiger partial charge on any atom is -0.380 e. The van der Waals surface area contributed by atoms with E-state index in [0.717, 1.165) is 33.9 Å². The maximum Gasteiger partial charge on any atom is 0.193 e. The summed E-state index contributed by atoms with van der Waals surface area (Å²) in [5.41, 5.74) is 3.50. The molecule has 94 valence electrons.